The highest BCUT2D eigenvalue weighted by Crippen LogP contribution is 2.33. The van der Waals surface area contributed by atoms with Gasteiger partial charge in [0.15, 0.2) is 0 Å². The Balaban J connectivity index is 2.27. The van der Waals surface area contributed by atoms with Crippen molar-refractivity contribution in [3.05, 3.63) is 35.6 Å². The molecule has 5 heteroatoms. The highest BCUT2D eigenvalue weighted by Gasteiger charge is 2.37. The molecule has 4 nitrogen and oxygen atoms in total. The zero-order valence-corrected chi connectivity index (χ0v) is 11.9. The molecule has 0 saturated carbocycles. The Morgan fingerprint density at radius 2 is 2.25 bits per heavy atom. The number of ether oxygens (including phenoxy) is 1. The maximum absolute atomic E-state index is 13.4. The fourth-order valence-electron chi connectivity index (χ4n) is 2.23. The minimum Gasteiger partial charge on any atom is -0.444 e. The van der Waals surface area contributed by atoms with Gasteiger partial charge in [-0.3, -0.25) is 4.90 Å². The number of rotatable bonds is 1. The number of carbonyl (C=O) groups is 1. The molecule has 0 radical (unpaired) electrons. The number of hydrogen-bond acceptors (Lipinski definition) is 3. The van der Waals surface area contributed by atoms with Crippen molar-refractivity contribution in [1.82, 2.24) is 4.90 Å². The average molecular weight is 282 g/mol. The van der Waals surface area contributed by atoms with Crippen LogP contribution in [0.2, 0.25) is 0 Å². The average Bonchev–Trinajstić information content (AvgIpc) is 2.63. The molecule has 0 bridgehead atoms. The van der Waals surface area contributed by atoms with Crippen molar-refractivity contribution in [1.29, 1.82) is 0 Å². The number of nitrogens with zero attached hydrogens (tertiary/aromatic N) is 1. The summed E-state index contributed by atoms with van der Waals surface area (Å²) < 4.78 is 26.5. The maximum Gasteiger partial charge on any atom is 0.410 e. The summed E-state index contributed by atoms with van der Waals surface area (Å²) in [5.74, 6) is -0.419. The van der Waals surface area contributed by atoms with Crippen LogP contribution in [0.15, 0.2) is 24.3 Å². The van der Waals surface area contributed by atoms with Gasteiger partial charge in [-0.2, -0.15) is 0 Å². The van der Waals surface area contributed by atoms with Crippen molar-refractivity contribution in [2.45, 2.75) is 44.9 Å². The molecule has 1 aliphatic rings. The zero-order valence-electron chi connectivity index (χ0n) is 12.9. The fraction of sp³-hybridized carbons (Fsp3) is 0.533. The van der Waals surface area contributed by atoms with Gasteiger partial charge in [-0.15, -0.1) is 0 Å². The Kier molecular flexibility index (Phi) is 3.61. The van der Waals surface area contributed by atoms with Crippen LogP contribution >= 0.6 is 0 Å². The van der Waals surface area contributed by atoms with Crippen molar-refractivity contribution in [3.8, 4) is 0 Å². The van der Waals surface area contributed by atoms with E-state index in [-0.39, 0.29) is 13.0 Å². The molecule has 1 unspecified atom stereocenters. The minimum atomic E-state index is -1.76. The smallest absolute Gasteiger partial charge is 0.410 e. The number of amides is 1. The number of carbonyl (C=O) groups excluding carboxylic acids is 1. The van der Waals surface area contributed by atoms with Gasteiger partial charge in [0.2, 0.25) is 0 Å². The number of benzene rings is 1. The van der Waals surface area contributed by atoms with Crippen molar-refractivity contribution in [2.24, 2.45) is 0 Å². The second-order valence-corrected chi connectivity index (χ2v) is 5.95. The largest absolute Gasteiger partial charge is 0.444 e. The first kappa shape index (κ1) is 13.4. The summed E-state index contributed by atoms with van der Waals surface area (Å²) in [5, 5.41) is 9.94. The van der Waals surface area contributed by atoms with E-state index >= 15 is 0 Å². The highest BCUT2D eigenvalue weighted by molar-refractivity contribution is 5.69. The monoisotopic (exact) mass is 282 g/mol. The lowest BCUT2D eigenvalue weighted by atomic mass is 10.0. The Morgan fingerprint density at radius 1 is 1.55 bits per heavy atom. The first-order valence-corrected chi connectivity index (χ1v) is 6.55. The van der Waals surface area contributed by atoms with Crippen LogP contribution in [0.3, 0.4) is 0 Å². The Labute approximate surface area is 119 Å². The van der Waals surface area contributed by atoms with Crippen LogP contribution in [-0.4, -0.2) is 34.3 Å². The van der Waals surface area contributed by atoms with E-state index in [2.05, 4.69) is 0 Å². The Hall–Kier alpha value is -1.62. The SMILES string of the molecule is [2H]C1(O)C[C@H](c2cccc(F)c2)N(C(=O)OC(C)(C)C)C1. The van der Waals surface area contributed by atoms with Gasteiger partial charge in [-0.25, -0.2) is 9.18 Å². The first-order valence-electron chi connectivity index (χ1n) is 7.05. The third kappa shape index (κ3) is 3.48. The van der Waals surface area contributed by atoms with Crippen LogP contribution in [0.4, 0.5) is 9.18 Å². The van der Waals surface area contributed by atoms with Crippen LogP contribution in [-0.2, 0) is 4.74 Å². The maximum atomic E-state index is 13.4. The molecule has 1 aliphatic heterocycles. The van der Waals surface area contributed by atoms with Gasteiger partial charge in [0, 0.05) is 0 Å². The second-order valence-electron chi connectivity index (χ2n) is 5.95. The van der Waals surface area contributed by atoms with E-state index in [0.717, 1.165) is 0 Å². The lowest BCUT2D eigenvalue weighted by Gasteiger charge is -2.28. The molecule has 1 fully saturated rings. The molecular formula is C15H20FNO3. The third-order valence-corrected chi connectivity index (χ3v) is 3.02. The summed E-state index contributed by atoms with van der Waals surface area (Å²) in [4.78, 5) is 13.5. The van der Waals surface area contributed by atoms with Gasteiger partial charge in [-0.1, -0.05) is 12.1 Å². The summed E-state index contributed by atoms with van der Waals surface area (Å²) in [6.45, 7) is 5.06. The van der Waals surface area contributed by atoms with Gasteiger partial charge in [-0.05, 0) is 44.9 Å². The Morgan fingerprint density at radius 3 is 2.85 bits per heavy atom. The molecule has 1 amide bonds. The summed E-state index contributed by atoms with van der Waals surface area (Å²) in [6, 6.07) is 5.26. The van der Waals surface area contributed by atoms with Crippen molar-refractivity contribution in [2.75, 3.05) is 6.54 Å². The standard InChI is InChI=1S/C15H20FNO3/c1-15(2,3)20-14(19)17-9-12(18)8-13(17)10-5-4-6-11(16)7-10/h4-7,12-13,18H,8-9H2,1-3H3/t12?,13-/m1/s1/i12D. The molecule has 1 aromatic carbocycles. The summed E-state index contributed by atoms with van der Waals surface area (Å²) in [5.41, 5.74) is -0.129. The summed E-state index contributed by atoms with van der Waals surface area (Å²) in [7, 11) is 0. The zero-order chi connectivity index (χ0) is 15.8. The van der Waals surface area contributed by atoms with E-state index < -0.39 is 29.6 Å². The van der Waals surface area contributed by atoms with E-state index in [1.165, 1.54) is 17.0 Å². The number of likely N-dealkylation sites (tertiary alicyclic amines) is 1. The predicted octanol–water partition coefficient (Wildman–Crippen LogP) is 2.87. The molecular weight excluding hydrogens is 261 g/mol. The fourth-order valence-corrected chi connectivity index (χ4v) is 2.23. The summed E-state index contributed by atoms with van der Waals surface area (Å²) >= 11 is 0. The quantitative estimate of drug-likeness (QED) is 0.861. The molecule has 0 spiro atoms. The molecule has 1 aromatic rings. The first-order chi connectivity index (χ1) is 9.57. The van der Waals surface area contributed by atoms with Gasteiger partial charge < -0.3 is 9.84 Å². The predicted molar refractivity (Wildman–Crippen MR) is 72.7 cm³/mol. The van der Waals surface area contributed by atoms with Crippen molar-refractivity contribution >= 4 is 6.09 Å². The topological polar surface area (TPSA) is 49.8 Å². The molecule has 1 saturated heterocycles. The van der Waals surface area contributed by atoms with Crippen molar-refractivity contribution < 1.29 is 20.4 Å². The van der Waals surface area contributed by atoms with Crippen molar-refractivity contribution in [3.63, 3.8) is 0 Å². The Bertz CT molecular complexity index is 542. The molecule has 0 aliphatic carbocycles. The van der Waals surface area contributed by atoms with E-state index in [0.29, 0.717) is 5.56 Å². The van der Waals surface area contributed by atoms with Gasteiger partial charge >= 0.3 is 6.09 Å². The van der Waals surface area contributed by atoms with Crippen LogP contribution < -0.4 is 0 Å². The molecule has 20 heavy (non-hydrogen) atoms. The van der Waals surface area contributed by atoms with E-state index in [4.69, 9.17) is 6.11 Å². The lowest BCUT2D eigenvalue weighted by Crippen LogP contribution is -2.37. The van der Waals surface area contributed by atoms with Crippen LogP contribution in [0.25, 0.3) is 0 Å². The number of halogens is 1. The molecule has 0 aromatic heterocycles. The third-order valence-electron chi connectivity index (χ3n) is 3.02. The van der Waals surface area contributed by atoms with E-state index in [1.807, 2.05) is 0 Å². The normalized spacial score (nSPS) is 27.4. The highest BCUT2D eigenvalue weighted by atomic mass is 19.1. The van der Waals surface area contributed by atoms with Gasteiger partial charge in [0.25, 0.3) is 0 Å². The van der Waals surface area contributed by atoms with Gasteiger partial charge in [0.05, 0.1) is 20.0 Å². The summed E-state index contributed by atoms with van der Waals surface area (Å²) in [6.07, 6.45) is -2.34. The number of β-amino-alcohol motifs (C(OH)–C–C–N with tert-alkyl or cyclic N) is 1. The second kappa shape index (κ2) is 5.40. The van der Waals surface area contributed by atoms with Gasteiger partial charge in [0.1, 0.15) is 11.4 Å². The van der Waals surface area contributed by atoms with Crippen LogP contribution in [0.5, 0.6) is 0 Å². The molecule has 110 valence electrons. The minimum absolute atomic E-state index is 0.0235. The molecule has 2 rings (SSSR count). The van der Waals surface area contributed by atoms with Crippen LogP contribution in [0, 0.1) is 5.82 Å². The van der Waals surface area contributed by atoms with E-state index in [1.54, 1.807) is 32.9 Å². The number of hydrogen-bond donors (Lipinski definition) is 1. The van der Waals surface area contributed by atoms with Crippen LogP contribution in [0.1, 0.15) is 40.2 Å². The number of aliphatic hydroxyl groups is 1. The van der Waals surface area contributed by atoms with E-state index in [9.17, 15) is 14.3 Å². The molecule has 1 N–H and O–H groups in total. The lowest BCUT2D eigenvalue weighted by molar-refractivity contribution is 0.0206. The molecule has 1 heterocycles. The molecule has 2 atom stereocenters.